The fourth-order valence-corrected chi connectivity index (χ4v) is 6.78. The molecule has 0 bridgehead atoms. The summed E-state index contributed by atoms with van der Waals surface area (Å²) in [6.45, 7) is 35.0. The topological polar surface area (TPSA) is 231 Å². The number of methoxy groups -OCH3 is 2. The van der Waals surface area contributed by atoms with Crippen LogP contribution in [-0.2, 0) is 76.1 Å². The molecule has 20 nitrogen and oxygen atoms in total. The van der Waals surface area contributed by atoms with Crippen LogP contribution in [0.3, 0.4) is 0 Å². The molecule has 4 aliphatic rings. The summed E-state index contributed by atoms with van der Waals surface area (Å²) in [7, 11) is 4.48. The van der Waals surface area contributed by atoms with Crippen molar-refractivity contribution in [3.05, 3.63) is 0 Å². The van der Waals surface area contributed by atoms with Gasteiger partial charge in [0.25, 0.3) is 5.91 Å². The van der Waals surface area contributed by atoms with Gasteiger partial charge in [-0.1, -0.05) is 27.7 Å². The highest BCUT2D eigenvalue weighted by molar-refractivity contribution is 7.99. The van der Waals surface area contributed by atoms with Crippen molar-refractivity contribution in [2.45, 2.75) is 205 Å². The van der Waals surface area contributed by atoms with Gasteiger partial charge in [0.15, 0.2) is 18.7 Å². The fraction of sp³-hybridized carbons (Fsp3) is 0.843. The average molecular weight is 1050 g/mol. The van der Waals surface area contributed by atoms with Crippen LogP contribution in [-0.4, -0.2) is 158 Å². The minimum atomic E-state index is -1.09. The second-order valence-corrected chi connectivity index (χ2v) is 22.6. The van der Waals surface area contributed by atoms with Gasteiger partial charge in [-0.25, -0.2) is 14.6 Å². The van der Waals surface area contributed by atoms with Crippen molar-refractivity contribution in [2.75, 3.05) is 52.7 Å². The van der Waals surface area contributed by atoms with Crippen molar-refractivity contribution in [3.63, 3.8) is 0 Å². The zero-order chi connectivity index (χ0) is 56.0. The van der Waals surface area contributed by atoms with E-state index in [4.69, 9.17) is 47.4 Å². The quantitative estimate of drug-likeness (QED) is 0.0767. The van der Waals surface area contributed by atoms with Crippen LogP contribution < -0.4 is 0 Å². The van der Waals surface area contributed by atoms with Gasteiger partial charge in [-0.3, -0.25) is 33.8 Å². The first-order valence-corrected chi connectivity index (χ1v) is 25.9. The Morgan fingerprint density at radius 2 is 1.22 bits per heavy atom. The number of hydrogen-bond acceptors (Lipinski definition) is 19. The van der Waals surface area contributed by atoms with Crippen LogP contribution in [0.2, 0.25) is 0 Å². The van der Waals surface area contributed by atoms with E-state index in [1.807, 2.05) is 69.2 Å². The van der Waals surface area contributed by atoms with Crippen molar-refractivity contribution in [1.82, 2.24) is 9.80 Å². The van der Waals surface area contributed by atoms with E-state index in [0.29, 0.717) is 31.8 Å². The number of cyclic esters (lactones) is 1. The SMILES string of the molecule is CCC(C)(C)C(=O)OC(C)C1COC(C)(OC)C(C)(OC)O1.CCC(C)(C)C(=O)OC(C)C1N=C(C)OC1=O.CCC(C)(C)C(=O)OC1CSCCO1.CCC(C)(C)C(=O)OCN1C(=O)N(C)C(=O)C1(C)C. The molecule has 0 radical (unpaired) electrons. The van der Waals surface area contributed by atoms with Gasteiger partial charge in [0, 0.05) is 33.9 Å². The number of carbonyl (C=O) groups excluding carboxylic acids is 7. The lowest BCUT2D eigenvalue weighted by atomic mass is 9.90. The molecule has 0 saturated carbocycles. The van der Waals surface area contributed by atoms with Gasteiger partial charge >= 0.3 is 35.9 Å². The summed E-state index contributed by atoms with van der Waals surface area (Å²) in [5, 5.41) is 0. The molecule has 0 aromatic carbocycles. The lowest BCUT2D eigenvalue weighted by Gasteiger charge is -2.49. The van der Waals surface area contributed by atoms with E-state index in [-0.39, 0.29) is 49.4 Å². The molecule has 3 saturated heterocycles. The van der Waals surface area contributed by atoms with Crippen molar-refractivity contribution in [2.24, 2.45) is 26.7 Å². The monoisotopic (exact) mass is 1050 g/mol. The second-order valence-electron chi connectivity index (χ2n) is 21.4. The predicted molar refractivity (Wildman–Crippen MR) is 270 cm³/mol. The molecule has 416 valence electrons. The molecular weight excluding hydrogens is 959 g/mol. The molecule has 4 heterocycles. The van der Waals surface area contributed by atoms with Gasteiger partial charge < -0.3 is 47.4 Å². The number of esters is 5. The van der Waals surface area contributed by atoms with E-state index < -0.39 is 75.1 Å². The Kier molecular flexibility index (Phi) is 24.9. The van der Waals surface area contributed by atoms with E-state index in [1.165, 1.54) is 26.2 Å². The summed E-state index contributed by atoms with van der Waals surface area (Å²) < 4.78 is 54.0. The lowest BCUT2D eigenvalue weighted by molar-refractivity contribution is -0.436. The molecule has 7 atom stereocenters. The maximum atomic E-state index is 12.2. The van der Waals surface area contributed by atoms with Gasteiger partial charge in [-0.05, 0) is 123 Å². The predicted octanol–water partition coefficient (Wildman–Crippen LogP) is 7.84. The zero-order valence-electron chi connectivity index (χ0n) is 47.4. The molecule has 72 heavy (non-hydrogen) atoms. The smallest absolute Gasteiger partial charge is 0.341 e. The highest BCUT2D eigenvalue weighted by Crippen LogP contribution is 2.38. The van der Waals surface area contributed by atoms with Gasteiger partial charge in [0.2, 0.25) is 17.9 Å². The number of ether oxygens (including phenoxy) is 10. The molecule has 0 spiro atoms. The molecule has 0 aromatic heterocycles. The summed E-state index contributed by atoms with van der Waals surface area (Å²) >= 11 is 1.76. The minimum absolute atomic E-state index is 0.160. The Morgan fingerprint density at radius 3 is 1.62 bits per heavy atom. The Balaban J connectivity index is 0.000000486. The molecule has 3 amide bonds. The van der Waals surface area contributed by atoms with E-state index in [0.717, 1.165) is 22.8 Å². The molecule has 4 rings (SSSR count). The number of imide groups is 1. The lowest BCUT2D eigenvalue weighted by Crippen LogP contribution is -2.64. The Morgan fingerprint density at radius 1 is 0.750 bits per heavy atom. The normalized spacial score (nSPS) is 25.2. The van der Waals surface area contributed by atoms with E-state index >= 15 is 0 Å². The van der Waals surface area contributed by atoms with Crippen molar-refractivity contribution < 1.29 is 80.9 Å². The third kappa shape index (κ3) is 17.3. The van der Waals surface area contributed by atoms with Crippen LogP contribution in [0.1, 0.15) is 157 Å². The molecule has 0 aliphatic carbocycles. The van der Waals surface area contributed by atoms with Crippen LogP contribution >= 0.6 is 11.8 Å². The van der Waals surface area contributed by atoms with Crippen molar-refractivity contribution in [3.8, 4) is 0 Å². The van der Waals surface area contributed by atoms with Gasteiger partial charge in [0.1, 0.15) is 23.9 Å². The Hall–Kier alpha value is -3.89. The highest BCUT2D eigenvalue weighted by Gasteiger charge is 2.55. The van der Waals surface area contributed by atoms with Crippen LogP contribution in [0.4, 0.5) is 4.79 Å². The highest BCUT2D eigenvalue weighted by atomic mass is 32.2. The fourth-order valence-electron chi connectivity index (χ4n) is 6.04. The first-order chi connectivity index (χ1) is 32.9. The first-order valence-electron chi connectivity index (χ1n) is 24.7. The number of nitrogens with zero attached hydrogens (tertiary/aromatic N) is 3. The summed E-state index contributed by atoms with van der Waals surface area (Å²) in [5.74, 6) is -1.91. The van der Waals surface area contributed by atoms with Crippen LogP contribution in [0.5, 0.6) is 0 Å². The molecule has 7 unspecified atom stereocenters. The number of aliphatic imine (C=N–C) groups is 1. The number of amides is 3. The Bertz CT molecular complexity index is 1900. The van der Waals surface area contributed by atoms with Gasteiger partial charge in [0.05, 0.1) is 40.6 Å². The van der Waals surface area contributed by atoms with Crippen molar-refractivity contribution >= 4 is 59.4 Å². The maximum Gasteiger partial charge on any atom is 0.341 e. The van der Waals surface area contributed by atoms with Gasteiger partial charge in [-0.15, -0.1) is 0 Å². The van der Waals surface area contributed by atoms with Gasteiger partial charge in [-0.2, -0.15) is 11.8 Å². The van der Waals surface area contributed by atoms with Crippen LogP contribution in [0.25, 0.3) is 0 Å². The standard InChI is InChI=1S/C16H30O6.C13H22N2O4.C12H19NO4.C10H18O3S/c1-9-14(3,4)13(17)21-11(2)12-10-20-15(5,18-7)16(6,19-8)22-12;1-7-12(2,3)10(17)19-8-15-11(18)14(6)9(16)13(15,4)5;1-6-12(4,5)11(15)16-7(2)9-10(14)17-8(3)13-9;1-4-10(2,3)9(11)13-8-7-14-6-5-12-8/h11-12H,9-10H2,1-8H3;7-8H2,1-6H3;7,9H,6H2,1-5H3;8H,4-7H2,1-3H3. The molecule has 0 N–H and O–H groups in total. The summed E-state index contributed by atoms with van der Waals surface area (Å²) in [6.07, 6.45) is 0.992. The first kappa shape index (κ1) is 66.1. The number of thioether (sulfide) groups is 1. The zero-order valence-corrected chi connectivity index (χ0v) is 48.3. The molecule has 21 heteroatoms. The number of carbonyl (C=O) groups is 7. The largest absolute Gasteiger partial charge is 0.459 e. The van der Waals surface area contributed by atoms with Crippen LogP contribution in [0, 0.1) is 21.7 Å². The third-order valence-electron chi connectivity index (χ3n) is 14.0. The molecule has 4 aliphatic heterocycles. The van der Waals surface area contributed by atoms with Crippen LogP contribution in [0.15, 0.2) is 4.99 Å². The number of rotatable bonds is 17. The second kappa shape index (κ2) is 27.1. The molecule has 0 aromatic rings. The average Bonchev–Trinajstić information content (AvgIpc) is 3.75. The summed E-state index contributed by atoms with van der Waals surface area (Å²) in [5.41, 5.74) is -3.04. The number of urea groups is 1. The van der Waals surface area contributed by atoms with E-state index in [2.05, 4.69) is 4.99 Å². The summed E-state index contributed by atoms with van der Waals surface area (Å²) in [6, 6.07) is -1.18. The maximum absolute atomic E-state index is 12.2. The molecule has 3 fully saturated rings. The summed E-state index contributed by atoms with van der Waals surface area (Å²) in [4.78, 5) is 89.0. The number of hydrogen-bond donors (Lipinski definition) is 0. The Labute approximate surface area is 433 Å². The number of likely N-dealkylation sites (N-methyl/N-ethyl adjacent to an activating group) is 1. The third-order valence-corrected chi connectivity index (χ3v) is 14.9. The molecular formula is C51H89N3O17S. The minimum Gasteiger partial charge on any atom is -0.459 e. The van der Waals surface area contributed by atoms with E-state index in [1.54, 1.807) is 74.1 Å². The van der Waals surface area contributed by atoms with Crippen molar-refractivity contribution in [1.29, 1.82) is 0 Å². The van der Waals surface area contributed by atoms with E-state index in [9.17, 15) is 33.6 Å².